The molecule has 3 rings (SSSR count). The highest BCUT2D eigenvalue weighted by Crippen LogP contribution is 2.31. The van der Waals surface area contributed by atoms with Gasteiger partial charge < -0.3 is 20.6 Å². The first-order valence-corrected chi connectivity index (χ1v) is 10.3. The average Bonchev–Trinajstić information content (AvgIpc) is 3.35. The average molecular weight is 447 g/mol. The number of hydrogen-bond donors (Lipinski definition) is 3. The predicted octanol–water partition coefficient (Wildman–Crippen LogP) is 2.04. The van der Waals surface area contributed by atoms with Crippen molar-refractivity contribution in [3.8, 4) is 6.07 Å². The summed E-state index contributed by atoms with van der Waals surface area (Å²) in [7, 11) is 0. The molecule has 0 aliphatic carbocycles. The summed E-state index contributed by atoms with van der Waals surface area (Å²) < 4.78 is 36.0. The number of nitrogens with one attached hydrogen (secondary N) is 2. The molecule has 0 aromatic carbocycles. The van der Waals surface area contributed by atoms with Gasteiger partial charge in [-0.2, -0.15) is 22.8 Å². The number of nitriles is 1. The third-order valence-corrected chi connectivity index (χ3v) is 5.95. The normalized spacial score (nSPS) is 21.4. The van der Waals surface area contributed by atoms with E-state index >= 15 is 0 Å². The summed E-state index contributed by atoms with van der Waals surface area (Å²) in [6.45, 7) is 5.39. The smallest absolute Gasteiger partial charge is 0.475 e. The van der Waals surface area contributed by atoms with Gasteiger partial charge in [0.2, 0.25) is 5.91 Å². The zero-order valence-corrected chi connectivity index (χ0v) is 17.3. The molecule has 1 amide bonds. The van der Waals surface area contributed by atoms with Gasteiger partial charge in [0, 0.05) is 19.6 Å². The van der Waals surface area contributed by atoms with E-state index in [0.29, 0.717) is 18.0 Å². The van der Waals surface area contributed by atoms with Crippen LogP contribution in [0.25, 0.3) is 0 Å². The number of nitrogens with zero attached hydrogens (tertiary/aromatic N) is 3. The monoisotopic (exact) mass is 447 g/mol. The maximum absolute atomic E-state index is 12.1. The van der Waals surface area contributed by atoms with Gasteiger partial charge >= 0.3 is 12.1 Å². The minimum Gasteiger partial charge on any atom is -0.475 e. The third kappa shape index (κ3) is 6.56. The molecule has 2 fully saturated rings. The van der Waals surface area contributed by atoms with Crippen molar-refractivity contribution in [1.29, 1.82) is 5.26 Å². The predicted molar refractivity (Wildman–Crippen MR) is 104 cm³/mol. The molecule has 2 aliphatic heterocycles. The van der Waals surface area contributed by atoms with Crippen LogP contribution in [0.4, 0.5) is 18.2 Å². The Hall–Kier alpha value is -2.39. The van der Waals surface area contributed by atoms with Crippen LogP contribution in [0, 0.1) is 24.2 Å². The summed E-state index contributed by atoms with van der Waals surface area (Å²) >= 11 is 1.41. The topological polar surface area (TPSA) is 118 Å². The quantitative estimate of drug-likeness (QED) is 0.646. The summed E-state index contributed by atoms with van der Waals surface area (Å²) in [4.78, 5) is 23.3. The van der Waals surface area contributed by atoms with Crippen molar-refractivity contribution in [2.45, 2.75) is 44.8 Å². The standard InChI is InChI=1S/C16H23N5OS.C2HF3O2/c1-11-13(8-17)16(23-20-11)21-7-3-4-12(10-21)9-19-15(22)14-5-2-6-18-14;3-2(4,5)1(6)7/h12,14,18H,2-7,9-10H2,1H3,(H,19,22);(H,6,7). The van der Waals surface area contributed by atoms with Gasteiger partial charge in [-0.25, -0.2) is 4.79 Å². The van der Waals surface area contributed by atoms with E-state index in [4.69, 9.17) is 9.90 Å². The lowest BCUT2D eigenvalue weighted by molar-refractivity contribution is -0.192. The fourth-order valence-electron chi connectivity index (χ4n) is 3.39. The molecule has 30 heavy (non-hydrogen) atoms. The number of aliphatic carboxylic acids is 1. The molecule has 2 saturated heterocycles. The number of carboxylic acids is 1. The lowest BCUT2D eigenvalue weighted by Crippen LogP contribution is -2.45. The molecule has 0 spiro atoms. The van der Waals surface area contributed by atoms with E-state index in [1.807, 2.05) is 6.92 Å². The Labute approximate surface area is 176 Å². The Morgan fingerprint density at radius 3 is 2.67 bits per heavy atom. The Kier molecular flexibility index (Phi) is 8.43. The maximum Gasteiger partial charge on any atom is 0.490 e. The van der Waals surface area contributed by atoms with E-state index in [1.165, 1.54) is 11.5 Å². The number of alkyl halides is 3. The summed E-state index contributed by atoms with van der Waals surface area (Å²) in [5.74, 6) is -2.19. The van der Waals surface area contributed by atoms with Crippen LogP contribution in [-0.2, 0) is 9.59 Å². The van der Waals surface area contributed by atoms with E-state index < -0.39 is 12.1 Å². The summed E-state index contributed by atoms with van der Waals surface area (Å²) in [6.07, 6.45) is -0.857. The number of aryl methyl sites for hydroxylation is 1. The second-order valence-corrected chi connectivity index (χ2v) is 7.96. The van der Waals surface area contributed by atoms with Crippen molar-refractivity contribution < 1.29 is 27.9 Å². The van der Waals surface area contributed by atoms with E-state index in [-0.39, 0.29) is 11.9 Å². The minimum atomic E-state index is -5.08. The van der Waals surface area contributed by atoms with E-state index in [1.54, 1.807) is 0 Å². The Bertz CT molecular complexity index is 787. The van der Waals surface area contributed by atoms with E-state index in [9.17, 15) is 23.2 Å². The van der Waals surface area contributed by atoms with Crippen molar-refractivity contribution in [3.05, 3.63) is 11.3 Å². The lowest BCUT2D eigenvalue weighted by atomic mass is 9.97. The van der Waals surface area contributed by atoms with Gasteiger partial charge in [-0.15, -0.1) is 0 Å². The van der Waals surface area contributed by atoms with Crippen molar-refractivity contribution in [2.75, 3.05) is 31.1 Å². The first-order valence-electron chi connectivity index (χ1n) is 9.56. The van der Waals surface area contributed by atoms with E-state index in [2.05, 4.69) is 26.0 Å². The van der Waals surface area contributed by atoms with Crippen LogP contribution in [-0.4, -0.2) is 59.8 Å². The van der Waals surface area contributed by atoms with Gasteiger partial charge in [0.25, 0.3) is 0 Å². The molecule has 3 heterocycles. The highest BCUT2D eigenvalue weighted by molar-refractivity contribution is 7.10. The molecule has 0 saturated carbocycles. The molecule has 0 radical (unpaired) electrons. The van der Waals surface area contributed by atoms with Crippen LogP contribution in [0.3, 0.4) is 0 Å². The number of aromatic nitrogens is 1. The number of carbonyl (C=O) groups excluding carboxylic acids is 1. The Balaban J connectivity index is 0.000000396. The van der Waals surface area contributed by atoms with Crippen LogP contribution >= 0.6 is 11.5 Å². The molecule has 3 N–H and O–H groups in total. The summed E-state index contributed by atoms with van der Waals surface area (Å²) in [5.41, 5.74) is 1.52. The number of rotatable bonds is 4. The molecule has 1 aromatic rings. The second kappa shape index (κ2) is 10.6. The molecule has 1 aromatic heterocycles. The lowest BCUT2D eigenvalue weighted by Gasteiger charge is -2.33. The molecule has 2 aliphatic rings. The SMILES string of the molecule is Cc1nsc(N2CCCC(CNC(=O)C3CCCN3)C2)c1C#N.O=C(O)C(F)(F)F. The zero-order valence-electron chi connectivity index (χ0n) is 16.5. The molecular weight excluding hydrogens is 423 g/mol. The van der Waals surface area contributed by atoms with Gasteiger partial charge in [0.1, 0.15) is 16.6 Å². The number of piperidine rings is 1. The fourth-order valence-corrected chi connectivity index (χ4v) is 4.28. The zero-order chi connectivity index (χ0) is 22.3. The van der Waals surface area contributed by atoms with Gasteiger partial charge in [0.05, 0.1) is 11.7 Å². The molecule has 12 heteroatoms. The van der Waals surface area contributed by atoms with Crippen LogP contribution in [0.5, 0.6) is 0 Å². The van der Waals surface area contributed by atoms with Crippen LogP contribution in [0.1, 0.15) is 36.9 Å². The van der Waals surface area contributed by atoms with Gasteiger partial charge in [-0.1, -0.05) is 0 Å². The summed E-state index contributed by atoms with van der Waals surface area (Å²) in [6, 6.07) is 2.26. The molecule has 2 atom stereocenters. The first-order chi connectivity index (χ1) is 14.1. The van der Waals surface area contributed by atoms with Crippen LogP contribution in [0.15, 0.2) is 0 Å². The molecule has 0 bridgehead atoms. The second-order valence-electron chi connectivity index (χ2n) is 7.21. The Morgan fingerprint density at radius 2 is 2.10 bits per heavy atom. The number of amides is 1. The van der Waals surface area contributed by atoms with Gasteiger partial charge in [-0.3, -0.25) is 4.79 Å². The highest BCUT2D eigenvalue weighted by atomic mass is 32.1. The van der Waals surface area contributed by atoms with Gasteiger partial charge in [-0.05, 0) is 56.6 Å². The molecule has 8 nitrogen and oxygen atoms in total. The van der Waals surface area contributed by atoms with Gasteiger partial charge in [0.15, 0.2) is 0 Å². The van der Waals surface area contributed by atoms with Crippen molar-refractivity contribution in [2.24, 2.45) is 5.92 Å². The van der Waals surface area contributed by atoms with Crippen LogP contribution in [0.2, 0.25) is 0 Å². The fraction of sp³-hybridized carbons (Fsp3) is 0.667. The molecule has 166 valence electrons. The molecular formula is C18H24F3N5O3S. The number of anilines is 1. The first kappa shape index (κ1) is 23.9. The number of carbonyl (C=O) groups is 2. The number of carboxylic acid groups (broad SMARTS) is 1. The summed E-state index contributed by atoms with van der Waals surface area (Å²) in [5, 5.41) is 23.7. The maximum atomic E-state index is 12.1. The number of halogens is 3. The Morgan fingerprint density at radius 1 is 1.40 bits per heavy atom. The third-order valence-electron chi connectivity index (χ3n) is 4.95. The largest absolute Gasteiger partial charge is 0.490 e. The van der Waals surface area contributed by atoms with Crippen LogP contribution < -0.4 is 15.5 Å². The van der Waals surface area contributed by atoms with Crippen molar-refractivity contribution in [3.63, 3.8) is 0 Å². The van der Waals surface area contributed by atoms with Crippen molar-refractivity contribution >= 4 is 28.4 Å². The van der Waals surface area contributed by atoms with E-state index in [0.717, 1.165) is 56.0 Å². The van der Waals surface area contributed by atoms with Crippen molar-refractivity contribution in [1.82, 2.24) is 15.0 Å². The number of hydrogen-bond acceptors (Lipinski definition) is 7. The minimum absolute atomic E-state index is 0.0102. The molecule has 2 unspecified atom stereocenters. The highest BCUT2D eigenvalue weighted by Gasteiger charge is 2.38.